The van der Waals surface area contributed by atoms with E-state index in [1.165, 1.54) is 6.20 Å². The SMILES string of the molecule is CCCNC(Cc1ccco1)c1ccncc1F. The lowest BCUT2D eigenvalue weighted by Gasteiger charge is -2.18. The molecule has 1 N–H and O–H groups in total. The number of nitrogens with zero attached hydrogens (tertiary/aromatic N) is 1. The Balaban J connectivity index is 2.16. The van der Waals surface area contributed by atoms with Gasteiger partial charge in [0, 0.05) is 24.2 Å². The molecule has 0 amide bonds. The van der Waals surface area contributed by atoms with Crippen LogP contribution in [-0.2, 0) is 6.42 Å². The van der Waals surface area contributed by atoms with Gasteiger partial charge in [-0.25, -0.2) is 4.39 Å². The van der Waals surface area contributed by atoms with Crippen molar-refractivity contribution in [2.75, 3.05) is 6.54 Å². The van der Waals surface area contributed by atoms with Gasteiger partial charge in [-0.1, -0.05) is 6.92 Å². The van der Waals surface area contributed by atoms with Crippen LogP contribution in [0, 0.1) is 5.82 Å². The Bertz CT molecular complexity index is 470. The Morgan fingerprint density at radius 2 is 2.33 bits per heavy atom. The summed E-state index contributed by atoms with van der Waals surface area (Å²) in [5.41, 5.74) is 0.634. The van der Waals surface area contributed by atoms with Crippen molar-refractivity contribution in [3.8, 4) is 0 Å². The summed E-state index contributed by atoms with van der Waals surface area (Å²) in [7, 11) is 0. The van der Waals surface area contributed by atoms with E-state index >= 15 is 0 Å². The van der Waals surface area contributed by atoms with Gasteiger partial charge in [-0.15, -0.1) is 0 Å². The molecule has 0 fully saturated rings. The zero-order chi connectivity index (χ0) is 12.8. The van der Waals surface area contributed by atoms with Crippen molar-refractivity contribution in [3.63, 3.8) is 0 Å². The highest BCUT2D eigenvalue weighted by Crippen LogP contribution is 2.20. The first-order valence-electron chi connectivity index (χ1n) is 6.16. The largest absolute Gasteiger partial charge is 0.469 e. The third-order valence-electron chi connectivity index (χ3n) is 2.81. The Kier molecular flexibility index (Phi) is 4.47. The predicted molar refractivity (Wildman–Crippen MR) is 67.6 cm³/mol. The average molecular weight is 248 g/mol. The first-order chi connectivity index (χ1) is 8.81. The maximum Gasteiger partial charge on any atom is 0.146 e. The van der Waals surface area contributed by atoms with Gasteiger partial charge in [-0.05, 0) is 31.2 Å². The molecule has 0 spiro atoms. The first-order valence-corrected chi connectivity index (χ1v) is 6.16. The van der Waals surface area contributed by atoms with Gasteiger partial charge in [0.2, 0.25) is 0 Å². The highest BCUT2D eigenvalue weighted by atomic mass is 19.1. The molecule has 1 unspecified atom stereocenters. The standard InChI is InChI=1S/C14H17FN2O/c1-2-6-17-14(9-11-4-3-8-18-11)12-5-7-16-10-13(12)15/h3-5,7-8,10,14,17H,2,6,9H2,1H3. The lowest BCUT2D eigenvalue weighted by Crippen LogP contribution is -2.25. The van der Waals surface area contributed by atoms with Crippen molar-refractivity contribution in [2.24, 2.45) is 0 Å². The van der Waals surface area contributed by atoms with Crippen LogP contribution in [0.1, 0.15) is 30.7 Å². The maximum atomic E-state index is 13.8. The van der Waals surface area contributed by atoms with Crippen molar-refractivity contribution < 1.29 is 8.81 Å². The average Bonchev–Trinajstić information content (AvgIpc) is 2.88. The van der Waals surface area contributed by atoms with Crippen LogP contribution in [-0.4, -0.2) is 11.5 Å². The lowest BCUT2D eigenvalue weighted by atomic mass is 10.0. The maximum absolute atomic E-state index is 13.8. The molecule has 3 nitrogen and oxygen atoms in total. The molecule has 0 saturated carbocycles. The summed E-state index contributed by atoms with van der Waals surface area (Å²) in [4.78, 5) is 3.78. The molecule has 2 aromatic rings. The molecule has 18 heavy (non-hydrogen) atoms. The number of furan rings is 1. The molecule has 2 rings (SSSR count). The molecule has 1 atom stereocenters. The van der Waals surface area contributed by atoms with Crippen LogP contribution in [0.3, 0.4) is 0 Å². The van der Waals surface area contributed by atoms with Crippen molar-refractivity contribution >= 4 is 0 Å². The van der Waals surface area contributed by atoms with Crippen LogP contribution in [0.5, 0.6) is 0 Å². The number of pyridine rings is 1. The van der Waals surface area contributed by atoms with Crippen molar-refractivity contribution in [1.82, 2.24) is 10.3 Å². The molecule has 0 aliphatic carbocycles. The van der Waals surface area contributed by atoms with Crippen LogP contribution in [0.4, 0.5) is 4.39 Å². The summed E-state index contributed by atoms with van der Waals surface area (Å²) < 4.78 is 19.1. The molecule has 4 heteroatoms. The smallest absolute Gasteiger partial charge is 0.146 e. The molecule has 0 bridgehead atoms. The molecule has 0 aliphatic heterocycles. The van der Waals surface area contributed by atoms with Crippen LogP contribution in [0.2, 0.25) is 0 Å². The van der Waals surface area contributed by atoms with Gasteiger partial charge in [0.15, 0.2) is 0 Å². The van der Waals surface area contributed by atoms with E-state index in [-0.39, 0.29) is 11.9 Å². The third kappa shape index (κ3) is 3.17. The number of halogens is 1. The van der Waals surface area contributed by atoms with Crippen LogP contribution >= 0.6 is 0 Å². The molecular weight excluding hydrogens is 231 g/mol. The van der Waals surface area contributed by atoms with E-state index in [4.69, 9.17) is 4.42 Å². The van der Waals surface area contributed by atoms with E-state index in [0.29, 0.717) is 12.0 Å². The highest BCUT2D eigenvalue weighted by molar-refractivity contribution is 5.19. The molecule has 0 aliphatic rings. The van der Waals surface area contributed by atoms with E-state index in [9.17, 15) is 4.39 Å². The number of hydrogen-bond donors (Lipinski definition) is 1. The van der Waals surface area contributed by atoms with Gasteiger partial charge in [0.1, 0.15) is 11.6 Å². The van der Waals surface area contributed by atoms with Gasteiger partial charge in [0.25, 0.3) is 0 Å². The minimum atomic E-state index is -0.280. The lowest BCUT2D eigenvalue weighted by molar-refractivity contribution is 0.437. The van der Waals surface area contributed by atoms with Gasteiger partial charge in [-0.3, -0.25) is 4.98 Å². The summed E-state index contributed by atoms with van der Waals surface area (Å²) in [6.07, 6.45) is 6.13. The Labute approximate surface area is 106 Å². The molecule has 2 heterocycles. The molecule has 0 aromatic carbocycles. The number of aromatic nitrogens is 1. The zero-order valence-electron chi connectivity index (χ0n) is 10.4. The van der Waals surface area contributed by atoms with E-state index in [0.717, 1.165) is 18.7 Å². The molecule has 0 saturated heterocycles. The van der Waals surface area contributed by atoms with Crippen LogP contribution < -0.4 is 5.32 Å². The fraction of sp³-hybridized carbons (Fsp3) is 0.357. The summed E-state index contributed by atoms with van der Waals surface area (Å²) >= 11 is 0. The number of hydrogen-bond acceptors (Lipinski definition) is 3. The zero-order valence-corrected chi connectivity index (χ0v) is 10.4. The highest BCUT2D eigenvalue weighted by Gasteiger charge is 2.16. The first kappa shape index (κ1) is 12.8. The van der Waals surface area contributed by atoms with Gasteiger partial charge in [0.05, 0.1) is 12.5 Å². The quantitative estimate of drug-likeness (QED) is 0.853. The second-order valence-corrected chi connectivity index (χ2v) is 4.19. The molecular formula is C14H17FN2O. The normalized spacial score (nSPS) is 12.6. The van der Waals surface area contributed by atoms with E-state index in [1.54, 1.807) is 18.5 Å². The van der Waals surface area contributed by atoms with Crippen molar-refractivity contribution in [1.29, 1.82) is 0 Å². The number of nitrogens with one attached hydrogen (secondary N) is 1. The molecule has 96 valence electrons. The molecule has 2 aromatic heterocycles. The number of rotatable bonds is 6. The third-order valence-corrected chi connectivity index (χ3v) is 2.81. The Morgan fingerprint density at radius 3 is 3.00 bits per heavy atom. The monoisotopic (exact) mass is 248 g/mol. The summed E-state index contributed by atoms with van der Waals surface area (Å²) in [5.74, 6) is 0.567. The fourth-order valence-electron chi connectivity index (χ4n) is 1.91. The Morgan fingerprint density at radius 1 is 1.44 bits per heavy atom. The minimum Gasteiger partial charge on any atom is -0.469 e. The van der Waals surface area contributed by atoms with Gasteiger partial charge >= 0.3 is 0 Å². The van der Waals surface area contributed by atoms with Crippen LogP contribution in [0.15, 0.2) is 41.3 Å². The minimum absolute atomic E-state index is 0.0842. The van der Waals surface area contributed by atoms with E-state index in [2.05, 4.69) is 17.2 Å². The van der Waals surface area contributed by atoms with Gasteiger partial charge in [-0.2, -0.15) is 0 Å². The fourth-order valence-corrected chi connectivity index (χ4v) is 1.91. The Hall–Kier alpha value is -1.68. The van der Waals surface area contributed by atoms with E-state index < -0.39 is 0 Å². The summed E-state index contributed by atoms with van der Waals surface area (Å²) in [6, 6.07) is 5.37. The van der Waals surface area contributed by atoms with Crippen molar-refractivity contribution in [3.05, 3.63) is 54.0 Å². The predicted octanol–water partition coefficient (Wildman–Crippen LogP) is 3.10. The van der Waals surface area contributed by atoms with E-state index in [1.807, 2.05) is 12.1 Å². The topological polar surface area (TPSA) is 38.1 Å². The summed E-state index contributed by atoms with van der Waals surface area (Å²) in [6.45, 7) is 2.92. The second kappa shape index (κ2) is 6.31. The van der Waals surface area contributed by atoms with Gasteiger partial charge < -0.3 is 9.73 Å². The molecule has 0 radical (unpaired) electrons. The second-order valence-electron chi connectivity index (χ2n) is 4.19. The summed E-state index contributed by atoms with van der Waals surface area (Å²) in [5, 5.41) is 3.34. The van der Waals surface area contributed by atoms with Crippen molar-refractivity contribution in [2.45, 2.75) is 25.8 Å². The van der Waals surface area contributed by atoms with Crippen LogP contribution in [0.25, 0.3) is 0 Å².